The van der Waals surface area contributed by atoms with Gasteiger partial charge in [-0.3, -0.25) is 4.79 Å². The first kappa shape index (κ1) is 18.4. The average Bonchev–Trinajstić information content (AvgIpc) is 3.24. The molecular weight excluding hydrogens is 342 g/mol. The third-order valence-electron chi connectivity index (χ3n) is 6.03. The number of nitrogens with zero attached hydrogens (tertiary/aromatic N) is 4. The van der Waals surface area contributed by atoms with Crippen LogP contribution in [0.1, 0.15) is 16.2 Å². The van der Waals surface area contributed by atoms with Crippen molar-refractivity contribution in [2.45, 2.75) is 6.92 Å². The largest absolute Gasteiger partial charge is 0.396 e. The van der Waals surface area contributed by atoms with Crippen LogP contribution >= 0.6 is 0 Å². The highest BCUT2D eigenvalue weighted by atomic mass is 16.3. The van der Waals surface area contributed by atoms with Crippen LogP contribution in [0.5, 0.6) is 0 Å². The van der Waals surface area contributed by atoms with Crippen molar-refractivity contribution in [3.63, 3.8) is 0 Å². The number of hydrogen-bond acceptors (Lipinski definition) is 5. The molecule has 2 saturated heterocycles. The van der Waals surface area contributed by atoms with Gasteiger partial charge in [0, 0.05) is 63.9 Å². The molecule has 7 nitrogen and oxygen atoms in total. The second-order valence-electron chi connectivity index (χ2n) is 8.07. The number of aromatic amines is 1. The molecule has 0 aliphatic carbocycles. The van der Waals surface area contributed by atoms with Gasteiger partial charge in [0.15, 0.2) is 0 Å². The number of benzene rings is 1. The molecule has 3 heterocycles. The van der Waals surface area contributed by atoms with Gasteiger partial charge in [-0.15, -0.1) is 0 Å². The summed E-state index contributed by atoms with van der Waals surface area (Å²) >= 11 is 0. The van der Waals surface area contributed by atoms with Crippen molar-refractivity contribution in [2.24, 2.45) is 11.8 Å². The number of amides is 1. The summed E-state index contributed by atoms with van der Waals surface area (Å²) in [6.07, 6.45) is 0. The minimum Gasteiger partial charge on any atom is -0.396 e. The Morgan fingerprint density at radius 2 is 1.96 bits per heavy atom. The zero-order valence-corrected chi connectivity index (χ0v) is 16.2. The van der Waals surface area contributed by atoms with Gasteiger partial charge in [0.1, 0.15) is 5.82 Å². The maximum atomic E-state index is 13.0. The molecule has 4 rings (SSSR count). The van der Waals surface area contributed by atoms with Gasteiger partial charge >= 0.3 is 0 Å². The number of aryl methyl sites for hydroxylation is 1. The Hall–Kier alpha value is -1.96. The van der Waals surface area contributed by atoms with Crippen LogP contribution in [-0.2, 0) is 0 Å². The van der Waals surface area contributed by atoms with E-state index in [2.05, 4.69) is 26.8 Å². The summed E-state index contributed by atoms with van der Waals surface area (Å²) < 4.78 is 0. The average molecular weight is 371 g/mol. The number of imidazole rings is 1. The maximum absolute atomic E-state index is 13.0. The van der Waals surface area contributed by atoms with Crippen molar-refractivity contribution >= 4 is 16.9 Å². The minimum atomic E-state index is 0.0449. The van der Waals surface area contributed by atoms with Crippen LogP contribution in [0.4, 0.5) is 0 Å². The van der Waals surface area contributed by atoms with Crippen molar-refractivity contribution in [3.05, 3.63) is 29.6 Å². The highest BCUT2D eigenvalue weighted by Gasteiger charge is 2.36. The van der Waals surface area contributed by atoms with E-state index in [1.54, 1.807) is 0 Å². The number of aliphatic hydroxyl groups excluding tert-OH is 1. The Morgan fingerprint density at radius 1 is 1.22 bits per heavy atom. The van der Waals surface area contributed by atoms with Gasteiger partial charge in [-0.25, -0.2) is 4.98 Å². The van der Waals surface area contributed by atoms with Crippen LogP contribution in [0.25, 0.3) is 11.0 Å². The predicted molar refractivity (Wildman–Crippen MR) is 105 cm³/mol. The molecule has 0 spiro atoms. The number of nitrogens with one attached hydrogen (secondary N) is 1. The van der Waals surface area contributed by atoms with Gasteiger partial charge in [0.2, 0.25) is 0 Å². The summed E-state index contributed by atoms with van der Waals surface area (Å²) in [7, 11) is 2.15. The molecule has 2 aliphatic heterocycles. The first-order valence-electron chi connectivity index (χ1n) is 9.81. The number of aliphatic hydroxyl groups is 1. The van der Waals surface area contributed by atoms with Gasteiger partial charge < -0.3 is 24.8 Å². The molecule has 27 heavy (non-hydrogen) atoms. The fourth-order valence-corrected chi connectivity index (χ4v) is 4.33. The summed E-state index contributed by atoms with van der Waals surface area (Å²) in [5, 5.41) is 9.84. The van der Waals surface area contributed by atoms with Crippen LogP contribution in [-0.4, -0.2) is 95.1 Å². The molecule has 2 aromatic rings. The number of carbonyl (C=O) groups excluding carboxylic acids is 1. The van der Waals surface area contributed by atoms with E-state index in [-0.39, 0.29) is 18.4 Å². The number of fused-ring (bicyclic) bond motifs is 1. The van der Waals surface area contributed by atoms with E-state index < -0.39 is 0 Å². The molecule has 2 atom stereocenters. The van der Waals surface area contributed by atoms with E-state index in [4.69, 9.17) is 0 Å². The van der Waals surface area contributed by atoms with Crippen molar-refractivity contribution in [1.29, 1.82) is 0 Å². The van der Waals surface area contributed by atoms with Crippen LogP contribution < -0.4 is 0 Å². The second-order valence-corrected chi connectivity index (χ2v) is 8.07. The fourth-order valence-electron chi connectivity index (χ4n) is 4.33. The highest BCUT2D eigenvalue weighted by Crippen LogP contribution is 2.26. The predicted octanol–water partition coefficient (Wildman–Crippen LogP) is 0.799. The van der Waals surface area contributed by atoms with Crippen LogP contribution in [0, 0.1) is 18.8 Å². The van der Waals surface area contributed by atoms with E-state index >= 15 is 0 Å². The molecule has 2 aliphatic rings. The molecule has 2 unspecified atom stereocenters. The molecule has 1 aromatic heterocycles. The molecule has 0 bridgehead atoms. The number of aromatic nitrogens is 2. The van der Waals surface area contributed by atoms with E-state index in [9.17, 15) is 9.90 Å². The Bertz CT molecular complexity index is 812. The summed E-state index contributed by atoms with van der Waals surface area (Å²) in [6, 6.07) is 5.64. The molecule has 2 N–H and O–H groups in total. The van der Waals surface area contributed by atoms with Crippen molar-refractivity contribution in [1.82, 2.24) is 24.7 Å². The monoisotopic (exact) mass is 371 g/mol. The van der Waals surface area contributed by atoms with E-state index in [0.717, 1.165) is 56.1 Å². The molecule has 1 aromatic carbocycles. The highest BCUT2D eigenvalue weighted by molar-refractivity contribution is 5.97. The van der Waals surface area contributed by atoms with Gasteiger partial charge in [-0.05, 0) is 38.1 Å². The van der Waals surface area contributed by atoms with Gasteiger partial charge in [0.25, 0.3) is 5.91 Å². The SMILES string of the molecule is Cc1nc2ccc(C(=O)N3CC(CO)C(CN4CCN(C)CC4)C3)cc2[nH]1. The molecule has 0 saturated carbocycles. The van der Waals surface area contributed by atoms with E-state index in [1.165, 1.54) is 0 Å². The quantitative estimate of drug-likeness (QED) is 0.832. The third-order valence-corrected chi connectivity index (χ3v) is 6.03. The minimum absolute atomic E-state index is 0.0449. The number of H-pyrrole nitrogens is 1. The smallest absolute Gasteiger partial charge is 0.253 e. The van der Waals surface area contributed by atoms with Crippen LogP contribution in [0.2, 0.25) is 0 Å². The van der Waals surface area contributed by atoms with Crippen molar-refractivity contribution in [3.8, 4) is 0 Å². The number of likely N-dealkylation sites (N-methyl/N-ethyl adjacent to an activating group) is 1. The summed E-state index contributed by atoms with van der Waals surface area (Å²) in [5.74, 6) is 1.39. The lowest BCUT2D eigenvalue weighted by molar-refractivity contribution is 0.0777. The number of rotatable bonds is 4. The molecular formula is C20H29N5O2. The first-order valence-corrected chi connectivity index (χ1v) is 9.81. The topological polar surface area (TPSA) is 75.7 Å². The number of hydrogen-bond donors (Lipinski definition) is 2. The normalized spacial score (nSPS) is 24.8. The van der Waals surface area contributed by atoms with Crippen LogP contribution in [0.3, 0.4) is 0 Å². The number of piperazine rings is 1. The lowest BCUT2D eigenvalue weighted by Gasteiger charge is -2.34. The third kappa shape index (κ3) is 3.85. The zero-order chi connectivity index (χ0) is 19.0. The standard InChI is InChI=1S/C20H29N5O2/c1-14-21-18-4-3-15(9-19(18)22-14)20(27)25-11-16(17(12-25)13-26)10-24-7-5-23(2)6-8-24/h3-4,9,16-17,26H,5-8,10-13H2,1-2H3,(H,21,22). The number of carbonyl (C=O) groups is 1. The summed E-state index contributed by atoms with van der Waals surface area (Å²) in [6.45, 7) is 8.67. The first-order chi connectivity index (χ1) is 13.0. The number of likely N-dealkylation sites (tertiary alicyclic amines) is 1. The molecule has 2 fully saturated rings. The Kier molecular flexibility index (Phi) is 5.16. The summed E-state index contributed by atoms with van der Waals surface area (Å²) in [5.41, 5.74) is 2.46. The fraction of sp³-hybridized carbons (Fsp3) is 0.600. The van der Waals surface area contributed by atoms with E-state index in [1.807, 2.05) is 30.0 Å². The molecule has 7 heteroatoms. The molecule has 146 valence electrons. The maximum Gasteiger partial charge on any atom is 0.253 e. The Labute approximate surface area is 160 Å². The van der Waals surface area contributed by atoms with Gasteiger partial charge in [-0.1, -0.05) is 0 Å². The Balaban J connectivity index is 1.44. The van der Waals surface area contributed by atoms with Crippen molar-refractivity contribution in [2.75, 3.05) is 59.5 Å². The summed E-state index contributed by atoms with van der Waals surface area (Å²) in [4.78, 5) is 27.4. The van der Waals surface area contributed by atoms with Gasteiger partial charge in [-0.2, -0.15) is 0 Å². The van der Waals surface area contributed by atoms with Crippen LogP contribution in [0.15, 0.2) is 18.2 Å². The molecule has 1 amide bonds. The van der Waals surface area contributed by atoms with E-state index in [0.29, 0.717) is 18.0 Å². The van der Waals surface area contributed by atoms with Crippen molar-refractivity contribution < 1.29 is 9.90 Å². The Morgan fingerprint density at radius 3 is 2.70 bits per heavy atom. The molecule has 0 radical (unpaired) electrons. The second kappa shape index (κ2) is 7.58. The lowest BCUT2D eigenvalue weighted by atomic mass is 9.96. The lowest BCUT2D eigenvalue weighted by Crippen LogP contribution is -2.47. The van der Waals surface area contributed by atoms with Gasteiger partial charge in [0.05, 0.1) is 11.0 Å². The zero-order valence-electron chi connectivity index (χ0n) is 16.2.